The van der Waals surface area contributed by atoms with E-state index in [4.69, 9.17) is 9.68 Å². The predicted octanol–water partition coefficient (Wildman–Crippen LogP) is 3.46. The van der Waals surface area contributed by atoms with Crippen LogP contribution in [-0.4, -0.2) is 11.8 Å². The molecule has 0 unspecified atom stereocenters. The molecule has 18 heavy (non-hydrogen) atoms. The van der Waals surface area contributed by atoms with Crippen molar-refractivity contribution in [2.75, 3.05) is 6.54 Å². The van der Waals surface area contributed by atoms with Crippen LogP contribution in [0, 0.1) is 0 Å². The zero-order valence-corrected chi connectivity index (χ0v) is 10.0. The minimum atomic E-state index is 0.462. The molecule has 0 radical (unpaired) electrons. The Hall–Kier alpha value is -2.26. The Labute approximate surface area is 107 Å². The Morgan fingerprint density at radius 3 is 1.67 bits per heavy atom. The summed E-state index contributed by atoms with van der Waals surface area (Å²) >= 11 is 0. The molecular formula is C15H15NO2. The summed E-state index contributed by atoms with van der Waals surface area (Å²) in [7, 11) is 0. The molecule has 0 saturated heterocycles. The number of rotatable bonds is 6. The Morgan fingerprint density at radius 2 is 1.28 bits per heavy atom. The van der Waals surface area contributed by atoms with Gasteiger partial charge in [0.15, 0.2) is 11.5 Å². The third kappa shape index (κ3) is 3.64. The molecule has 0 fully saturated rings. The van der Waals surface area contributed by atoms with E-state index < -0.39 is 0 Å². The van der Waals surface area contributed by atoms with Crippen LogP contribution in [0.4, 0.5) is 0 Å². The molecule has 3 nitrogen and oxygen atoms in total. The molecule has 92 valence electrons. The molecule has 0 bridgehead atoms. The van der Waals surface area contributed by atoms with E-state index >= 15 is 0 Å². The minimum absolute atomic E-state index is 0.462. The number of nitrogens with zero attached hydrogens (tertiary/aromatic N) is 1. The second-order valence-electron chi connectivity index (χ2n) is 3.61. The highest BCUT2D eigenvalue weighted by Crippen LogP contribution is 2.14. The highest BCUT2D eigenvalue weighted by Gasteiger charge is 2.07. The SMILES string of the molecule is C=CCN(Oc1ccccc1)Oc1ccccc1. The fraction of sp³-hybridized carbons (Fsp3) is 0.0667. The quantitative estimate of drug-likeness (QED) is 0.571. The van der Waals surface area contributed by atoms with Gasteiger partial charge in [-0.1, -0.05) is 42.5 Å². The molecule has 0 heterocycles. The summed E-state index contributed by atoms with van der Waals surface area (Å²) in [5.74, 6) is 1.44. The summed E-state index contributed by atoms with van der Waals surface area (Å²) in [6, 6.07) is 19.0. The van der Waals surface area contributed by atoms with Crippen LogP contribution in [0.3, 0.4) is 0 Å². The normalized spacial score (nSPS) is 10.1. The van der Waals surface area contributed by atoms with Gasteiger partial charge in [0, 0.05) is 5.23 Å². The molecule has 0 amide bonds. The van der Waals surface area contributed by atoms with E-state index in [1.54, 1.807) is 6.08 Å². The van der Waals surface area contributed by atoms with E-state index in [1.807, 2.05) is 60.7 Å². The fourth-order valence-electron chi connectivity index (χ4n) is 1.40. The van der Waals surface area contributed by atoms with Crippen LogP contribution in [0.25, 0.3) is 0 Å². The van der Waals surface area contributed by atoms with Crippen molar-refractivity contribution in [3.05, 3.63) is 73.3 Å². The molecule has 0 aromatic heterocycles. The monoisotopic (exact) mass is 241 g/mol. The highest BCUT2D eigenvalue weighted by atomic mass is 16.9. The molecule has 2 aromatic carbocycles. The van der Waals surface area contributed by atoms with Crippen molar-refractivity contribution in [2.24, 2.45) is 0 Å². The zero-order chi connectivity index (χ0) is 12.6. The maximum absolute atomic E-state index is 5.60. The molecule has 2 rings (SSSR count). The molecule has 0 aliphatic rings. The van der Waals surface area contributed by atoms with Crippen LogP contribution < -0.4 is 9.68 Å². The predicted molar refractivity (Wildman–Crippen MR) is 71.0 cm³/mol. The maximum Gasteiger partial charge on any atom is 0.151 e. The molecule has 0 aliphatic carbocycles. The van der Waals surface area contributed by atoms with Crippen molar-refractivity contribution in [2.45, 2.75) is 0 Å². The molecule has 0 saturated carbocycles. The van der Waals surface area contributed by atoms with Gasteiger partial charge in [0.25, 0.3) is 0 Å². The van der Waals surface area contributed by atoms with Crippen LogP contribution in [0.5, 0.6) is 11.5 Å². The number of benzene rings is 2. The third-order valence-electron chi connectivity index (χ3n) is 2.18. The van der Waals surface area contributed by atoms with Crippen LogP contribution in [-0.2, 0) is 0 Å². The topological polar surface area (TPSA) is 21.7 Å². The molecule has 0 atom stereocenters. The molecular weight excluding hydrogens is 226 g/mol. The zero-order valence-electron chi connectivity index (χ0n) is 10.0. The fourth-order valence-corrected chi connectivity index (χ4v) is 1.40. The molecule has 0 N–H and O–H groups in total. The smallest absolute Gasteiger partial charge is 0.151 e. The van der Waals surface area contributed by atoms with Crippen molar-refractivity contribution < 1.29 is 9.68 Å². The second kappa shape index (κ2) is 6.47. The van der Waals surface area contributed by atoms with Crippen LogP contribution in [0.1, 0.15) is 0 Å². The number of para-hydroxylation sites is 2. The lowest BCUT2D eigenvalue weighted by atomic mass is 10.3. The Balaban J connectivity index is 2.02. The van der Waals surface area contributed by atoms with Gasteiger partial charge >= 0.3 is 0 Å². The summed E-state index contributed by atoms with van der Waals surface area (Å²) in [4.78, 5) is 11.2. The van der Waals surface area contributed by atoms with E-state index in [1.165, 1.54) is 5.23 Å². The molecule has 0 aliphatic heterocycles. The van der Waals surface area contributed by atoms with Crippen molar-refractivity contribution in [3.63, 3.8) is 0 Å². The number of hydrogen-bond acceptors (Lipinski definition) is 3. The second-order valence-corrected chi connectivity index (χ2v) is 3.61. The minimum Gasteiger partial charge on any atom is -0.371 e. The summed E-state index contributed by atoms with van der Waals surface area (Å²) in [6.45, 7) is 4.14. The van der Waals surface area contributed by atoms with E-state index in [0.717, 1.165) is 11.5 Å². The first-order chi connectivity index (χ1) is 8.88. The lowest BCUT2D eigenvalue weighted by Crippen LogP contribution is -2.31. The van der Waals surface area contributed by atoms with E-state index in [2.05, 4.69) is 6.58 Å². The van der Waals surface area contributed by atoms with Crippen molar-refractivity contribution in [3.8, 4) is 11.5 Å². The lowest BCUT2D eigenvalue weighted by molar-refractivity contribution is -0.248. The molecule has 0 spiro atoms. The van der Waals surface area contributed by atoms with Gasteiger partial charge in [-0.3, -0.25) is 0 Å². The van der Waals surface area contributed by atoms with Crippen LogP contribution >= 0.6 is 0 Å². The summed E-state index contributed by atoms with van der Waals surface area (Å²) < 4.78 is 0. The summed E-state index contributed by atoms with van der Waals surface area (Å²) in [5.41, 5.74) is 0. The Bertz CT molecular complexity index is 429. The van der Waals surface area contributed by atoms with Gasteiger partial charge in [-0.05, 0) is 24.3 Å². The van der Waals surface area contributed by atoms with Gasteiger partial charge in [-0.15, -0.1) is 6.58 Å². The maximum atomic E-state index is 5.60. The Morgan fingerprint density at radius 1 is 0.833 bits per heavy atom. The van der Waals surface area contributed by atoms with E-state index in [0.29, 0.717) is 6.54 Å². The van der Waals surface area contributed by atoms with Crippen LogP contribution in [0.15, 0.2) is 73.3 Å². The standard InChI is InChI=1S/C15H15NO2/c1-2-13-16(17-14-9-5-3-6-10-14)18-15-11-7-4-8-12-15/h2-12H,1,13H2. The van der Waals surface area contributed by atoms with Gasteiger partial charge in [0.05, 0.1) is 6.54 Å². The van der Waals surface area contributed by atoms with E-state index in [-0.39, 0.29) is 0 Å². The lowest BCUT2D eigenvalue weighted by Gasteiger charge is -2.20. The average molecular weight is 241 g/mol. The first-order valence-corrected chi connectivity index (χ1v) is 5.73. The van der Waals surface area contributed by atoms with Gasteiger partial charge in [0.1, 0.15) is 0 Å². The van der Waals surface area contributed by atoms with Crippen molar-refractivity contribution >= 4 is 0 Å². The van der Waals surface area contributed by atoms with Gasteiger partial charge in [-0.25, -0.2) is 0 Å². The van der Waals surface area contributed by atoms with Crippen molar-refractivity contribution in [1.82, 2.24) is 5.23 Å². The third-order valence-corrected chi connectivity index (χ3v) is 2.18. The van der Waals surface area contributed by atoms with Crippen LogP contribution in [0.2, 0.25) is 0 Å². The van der Waals surface area contributed by atoms with Gasteiger partial charge in [0.2, 0.25) is 0 Å². The first-order valence-electron chi connectivity index (χ1n) is 5.73. The summed E-state index contributed by atoms with van der Waals surface area (Å²) in [6.07, 6.45) is 1.71. The highest BCUT2D eigenvalue weighted by molar-refractivity contribution is 5.22. The van der Waals surface area contributed by atoms with Gasteiger partial charge < -0.3 is 9.68 Å². The Kier molecular flexibility index (Phi) is 4.39. The van der Waals surface area contributed by atoms with Gasteiger partial charge in [-0.2, -0.15) is 0 Å². The largest absolute Gasteiger partial charge is 0.371 e. The van der Waals surface area contributed by atoms with E-state index in [9.17, 15) is 0 Å². The first kappa shape index (κ1) is 12.2. The number of hydrogen-bond donors (Lipinski definition) is 0. The summed E-state index contributed by atoms with van der Waals surface area (Å²) in [5, 5.41) is 1.39. The molecule has 2 aromatic rings. The number of hydroxylamine groups is 2. The van der Waals surface area contributed by atoms with Crippen molar-refractivity contribution in [1.29, 1.82) is 0 Å². The molecule has 3 heteroatoms. The average Bonchev–Trinajstić information content (AvgIpc) is 2.41.